The molecular weight excluding hydrogens is 316 g/mol. The Bertz CT molecular complexity index is 275. The van der Waals surface area contributed by atoms with E-state index >= 15 is 0 Å². The van der Waals surface area contributed by atoms with Gasteiger partial charge < -0.3 is 4.74 Å². The van der Waals surface area contributed by atoms with E-state index in [-0.39, 0.29) is 0 Å². The third kappa shape index (κ3) is 17.4. The number of hydrogen-bond acceptors (Lipinski definition) is 1. The molecule has 0 saturated heterocycles. The minimum absolute atomic E-state index is 0.828. The molecule has 0 aliphatic carbocycles. The maximum Gasteiger partial charge on any atom is 0.0468 e. The van der Waals surface area contributed by atoms with Crippen molar-refractivity contribution in [3.8, 4) is 0 Å². The fourth-order valence-electron chi connectivity index (χ4n) is 4.05. The van der Waals surface area contributed by atoms with Gasteiger partial charge >= 0.3 is 0 Å². The first-order chi connectivity index (χ1) is 12.5. The van der Waals surface area contributed by atoms with E-state index in [1.165, 1.54) is 77.0 Å². The summed E-state index contributed by atoms with van der Waals surface area (Å²) in [5.41, 5.74) is 0. The Labute approximate surface area is 167 Å². The molecule has 0 heterocycles. The molecular formula is C25H52O. The number of ether oxygens (including phenoxy) is 1. The highest BCUT2D eigenvalue weighted by molar-refractivity contribution is 4.61. The van der Waals surface area contributed by atoms with E-state index in [4.69, 9.17) is 4.74 Å². The summed E-state index contributed by atoms with van der Waals surface area (Å²) < 4.78 is 5.61. The Balaban J connectivity index is 3.51. The van der Waals surface area contributed by atoms with Crippen LogP contribution >= 0.6 is 0 Å². The molecule has 0 aliphatic rings. The molecule has 4 atom stereocenters. The van der Waals surface area contributed by atoms with Gasteiger partial charge in [0.15, 0.2) is 0 Å². The van der Waals surface area contributed by atoms with Gasteiger partial charge in [0.2, 0.25) is 0 Å². The van der Waals surface area contributed by atoms with Crippen LogP contribution in [-0.4, -0.2) is 13.2 Å². The van der Waals surface area contributed by atoms with Gasteiger partial charge in [0, 0.05) is 13.2 Å². The minimum atomic E-state index is 0.828. The van der Waals surface area contributed by atoms with Crippen molar-refractivity contribution in [3.63, 3.8) is 0 Å². The standard InChI is InChI=1S/C25H52O/c1-7-12-22(3)13-9-14-23(4)15-10-16-24(5)17-11-18-25(6)19-21-26-20-8-2/h22-25H,7-21H2,1-6H3. The average Bonchev–Trinajstić information content (AvgIpc) is 2.59. The van der Waals surface area contributed by atoms with Crippen molar-refractivity contribution in [3.05, 3.63) is 0 Å². The second-order valence-electron chi connectivity index (χ2n) is 9.40. The van der Waals surface area contributed by atoms with Crippen LogP contribution in [0, 0.1) is 23.7 Å². The lowest BCUT2D eigenvalue weighted by Gasteiger charge is -2.16. The van der Waals surface area contributed by atoms with Crippen molar-refractivity contribution >= 4 is 0 Å². The summed E-state index contributed by atoms with van der Waals surface area (Å²) in [6.07, 6.45) is 18.0. The molecule has 0 saturated carbocycles. The summed E-state index contributed by atoms with van der Waals surface area (Å²) in [7, 11) is 0. The van der Waals surface area contributed by atoms with Gasteiger partial charge in [-0.1, -0.05) is 112 Å². The smallest absolute Gasteiger partial charge is 0.0468 e. The Kier molecular flexibility index (Phi) is 18.3. The van der Waals surface area contributed by atoms with E-state index in [0.717, 1.165) is 43.3 Å². The predicted octanol–water partition coefficient (Wildman–Crippen LogP) is 8.66. The molecule has 158 valence electrons. The van der Waals surface area contributed by atoms with Crippen LogP contribution in [0.25, 0.3) is 0 Å². The van der Waals surface area contributed by atoms with Crippen molar-refractivity contribution in [1.29, 1.82) is 0 Å². The first kappa shape index (κ1) is 26.0. The first-order valence-corrected chi connectivity index (χ1v) is 12.1. The summed E-state index contributed by atoms with van der Waals surface area (Å²) in [4.78, 5) is 0. The Morgan fingerprint density at radius 3 is 1.23 bits per heavy atom. The van der Waals surface area contributed by atoms with Gasteiger partial charge in [-0.2, -0.15) is 0 Å². The van der Waals surface area contributed by atoms with Gasteiger partial charge in [-0.15, -0.1) is 0 Å². The van der Waals surface area contributed by atoms with Gasteiger partial charge in [0.25, 0.3) is 0 Å². The molecule has 0 N–H and O–H groups in total. The van der Waals surface area contributed by atoms with Gasteiger partial charge in [0.05, 0.1) is 0 Å². The van der Waals surface area contributed by atoms with Crippen LogP contribution in [-0.2, 0) is 4.74 Å². The van der Waals surface area contributed by atoms with Crippen molar-refractivity contribution in [2.75, 3.05) is 13.2 Å². The van der Waals surface area contributed by atoms with E-state index in [1.54, 1.807) is 0 Å². The zero-order chi connectivity index (χ0) is 19.6. The fourth-order valence-corrected chi connectivity index (χ4v) is 4.05. The minimum Gasteiger partial charge on any atom is -0.381 e. The van der Waals surface area contributed by atoms with Crippen LogP contribution in [0.15, 0.2) is 0 Å². The SMILES string of the molecule is CCCOCCC(C)CCCC(C)CCCC(C)CCCC(C)CCC. The molecule has 0 aliphatic heterocycles. The lowest BCUT2D eigenvalue weighted by Crippen LogP contribution is -2.04. The summed E-state index contributed by atoms with van der Waals surface area (Å²) in [5, 5.41) is 0. The second kappa shape index (κ2) is 18.3. The molecule has 0 amide bonds. The fraction of sp³-hybridized carbons (Fsp3) is 1.00. The van der Waals surface area contributed by atoms with Crippen LogP contribution in [0.5, 0.6) is 0 Å². The second-order valence-corrected chi connectivity index (χ2v) is 9.40. The highest BCUT2D eigenvalue weighted by Crippen LogP contribution is 2.23. The van der Waals surface area contributed by atoms with Gasteiger partial charge in [-0.3, -0.25) is 0 Å². The quantitative estimate of drug-likeness (QED) is 0.207. The molecule has 26 heavy (non-hydrogen) atoms. The van der Waals surface area contributed by atoms with Crippen LogP contribution in [0.1, 0.15) is 125 Å². The molecule has 0 bridgehead atoms. The van der Waals surface area contributed by atoms with Gasteiger partial charge in [-0.05, 0) is 36.5 Å². The molecule has 0 radical (unpaired) electrons. The van der Waals surface area contributed by atoms with Crippen molar-refractivity contribution in [2.24, 2.45) is 23.7 Å². The summed E-state index contributed by atoms with van der Waals surface area (Å²) in [6.45, 7) is 16.1. The zero-order valence-electron chi connectivity index (χ0n) is 19.3. The van der Waals surface area contributed by atoms with Crippen LogP contribution in [0.4, 0.5) is 0 Å². The first-order valence-electron chi connectivity index (χ1n) is 12.1. The van der Waals surface area contributed by atoms with E-state index in [1.807, 2.05) is 0 Å². The van der Waals surface area contributed by atoms with Gasteiger partial charge in [0.1, 0.15) is 0 Å². The van der Waals surface area contributed by atoms with Crippen LogP contribution < -0.4 is 0 Å². The molecule has 0 fully saturated rings. The van der Waals surface area contributed by atoms with E-state index in [9.17, 15) is 0 Å². The third-order valence-corrected chi connectivity index (χ3v) is 6.07. The lowest BCUT2D eigenvalue weighted by molar-refractivity contribution is 0.121. The largest absolute Gasteiger partial charge is 0.381 e. The number of hydrogen-bond donors (Lipinski definition) is 0. The molecule has 0 spiro atoms. The monoisotopic (exact) mass is 368 g/mol. The van der Waals surface area contributed by atoms with Crippen LogP contribution in [0.3, 0.4) is 0 Å². The van der Waals surface area contributed by atoms with Gasteiger partial charge in [-0.25, -0.2) is 0 Å². The summed E-state index contributed by atoms with van der Waals surface area (Å²) in [6, 6.07) is 0. The molecule has 0 rings (SSSR count). The average molecular weight is 369 g/mol. The molecule has 4 unspecified atom stereocenters. The third-order valence-electron chi connectivity index (χ3n) is 6.07. The summed E-state index contributed by atoms with van der Waals surface area (Å²) >= 11 is 0. The van der Waals surface area contributed by atoms with E-state index in [0.29, 0.717) is 0 Å². The Morgan fingerprint density at radius 1 is 0.462 bits per heavy atom. The maximum atomic E-state index is 5.61. The molecule has 1 heteroatoms. The lowest BCUT2D eigenvalue weighted by atomic mass is 9.90. The molecule has 0 aromatic heterocycles. The summed E-state index contributed by atoms with van der Waals surface area (Å²) in [5.74, 6) is 3.61. The Hall–Kier alpha value is -0.0400. The Morgan fingerprint density at radius 2 is 0.846 bits per heavy atom. The number of rotatable bonds is 19. The van der Waals surface area contributed by atoms with Crippen molar-refractivity contribution in [2.45, 2.75) is 125 Å². The normalized spacial score (nSPS) is 16.4. The van der Waals surface area contributed by atoms with Crippen LogP contribution in [0.2, 0.25) is 0 Å². The highest BCUT2D eigenvalue weighted by Gasteiger charge is 2.08. The van der Waals surface area contributed by atoms with Crippen molar-refractivity contribution in [1.82, 2.24) is 0 Å². The van der Waals surface area contributed by atoms with E-state index in [2.05, 4.69) is 41.5 Å². The molecule has 1 nitrogen and oxygen atoms in total. The predicted molar refractivity (Wildman–Crippen MR) is 119 cm³/mol. The highest BCUT2D eigenvalue weighted by atomic mass is 16.5. The maximum absolute atomic E-state index is 5.61. The topological polar surface area (TPSA) is 9.23 Å². The van der Waals surface area contributed by atoms with Crippen molar-refractivity contribution < 1.29 is 4.74 Å². The van der Waals surface area contributed by atoms with E-state index < -0.39 is 0 Å². The zero-order valence-corrected chi connectivity index (χ0v) is 19.3. The molecule has 0 aromatic rings. The molecule has 0 aromatic carbocycles.